The summed E-state index contributed by atoms with van der Waals surface area (Å²) in [5, 5.41) is 15.6. The smallest absolute Gasteiger partial charge is 0.306 e. The molecule has 1 amide bonds. The van der Waals surface area contributed by atoms with Gasteiger partial charge in [0.25, 0.3) is 0 Å². The molecule has 1 fully saturated rings. The largest absolute Gasteiger partial charge is 0.481 e. The topological polar surface area (TPSA) is 66.4 Å². The van der Waals surface area contributed by atoms with Crippen LogP contribution in [0, 0.1) is 5.92 Å². The van der Waals surface area contributed by atoms with Gasteiger partial charge in [-0.05, 0) is 53.8 Å². The van der Waals surface area contributed by atoms with Gasteiger partial charge in [0.15, 0.2) is 0 Å². The van der Waals surface area contributed by atoms with E-state index < -0.39 is 5.97 Å². The summed E-state index contributed by atoms with van der Waals surface area (Å²) in [6.45, 7) is 0. The van der Waals surface area contributed by atoms with Crippen LogP contribution in [-0.2, 0) is 16.0 Å². The Morgan fingerprint density at radius 2 is 2.18 bits per heavy atom. The highest BCUT2D eigenvalue weighted by Gasteiger charge is 2.30. The number of hydrogen-bond acceptors (Lipinski definition) is 3. The molecule has 2 aromatic rings. The van der Waals surface area contributed by atoms with Crippen LogP contribution in [0.15, 0.2) is 23.6 Å². The van der Waals surface area contributed by atoms with Gasteiger partial charge in [-0.15, -0.1) is 11.3 Å². The first-order valence-corrected chi connectivity index (χ1v) is 8.46. The number of carbonyl (C=O) groups excluding carboxylic acids is 1. The van der Waals surface area contributed by atoms with E-state index in [0.29, 0.717) is 24.3 Å². The maximum absolute atomic E-state index is 12.2. The van der Waals surface area contributed by atoms with Crippen molar-refractivity contribution < 1.29 is 14.7 Å². The van der Waals surface area contributed by atoms with Gasteiger partial charge in [-0.2, -0.15) is 0 Å². The molecule has 1 aromatic heterocycles. The number of carbonyl (C=O) groups is 2. The zero-order valence-corrected chi connectivity index (χ0v) is 13.4. The van der Waals surface area contributed by atoms with Crippen molar-refractivity contribution in [3.05, 3.63) is 34.2 Å². The quantitative estimate of drug-likeness (QED) is 0.897. The van der Waals surface area contributed by atoms with Gasteiger partial charge >= 0.3 is 5.97 Å². The first-order valence-electron chi connectivity index (χ1n) is 7.20. The zero-order chi connectivity index (χ0) is 15.7. The van der Waals surface area contributed by atoms with E-state index in [1.807, 2.05) is 23.6 Å². The number of nitrogens with one attached hydrogen (secondary N) is 1. The van der Waals surface area contributed by atoms with E-state index in [1.54, 1.807) is 11.3 Å². The molecule has 22 heavy (non-hydrogen) atoms. The fraction of sp³-hybridized carbons (Fsp3) is 0.375. The molecule has 1 aromatic carbocycles. The van der Waals surface area contributed by atoms with Gasteiger partial charge in [0.2, 0.25) is 5.91 Å². The van der Waals surface area contributed by atoms with Crippen molar-refractivity contribution in [1.82, 2.24) is 5.32 Å². The van der Waals surface area contributed by atoms with Crippen LogP contribution in [0.4, 0.5) is 0 Å². The molecule has 1 saturated carbocycles. The van der Waals surface area contributed by atoms with E-state index in [-0.39, 0.29) is 17.9 Å². The minimum atomic E-state index is -0.768. The number of rotatable bonds is 4. The summed E-state index contributed by atoms with van der Waals surface area (Å²) in [6, 6.07) is 5.65. The Kier molecular flexibility index (Phi) is 4.36. The van der Waals surface area contributed by atoms with Crippen LogP contribution in [0.5, 0.6) is 0 Å². The average molecular weight is 338 g/mol. The highest BCUT2D eigenvalue weighted by atomic mass is 35.5. The average Bonchev–Trinajstić information content (AvgIpc) is 3.07. The third-order valence-corrected chi connectivity index (χ3v) is 5.36. The molecule has 0 saturated heterocycles. The number of halogens is 1. The Hall–Kier alpha value is -1.59. The number of carboxylic acid groups (broad SMARTS) is 1. The standard InChI is InChI=1S/C16H16ClNO3S/c17-11-2-4-14-13(7-11)10(8-22-14)6-15(19)18-12-3-1-9(5-12)16(20)21/h2,4,7-9,12H,1,3,5-6H2,(H,18,19)(H,20,21)/t9-,12+/m0/s1. The van der Waals surface area contributed by atoms with E-state index in [0.717, 1.165) is 22.1 Å². The van der Waals surface area contributed by atoms with Crippen LogP contribution >= 0.6 is 22.9 Å². The molecule has 4 nitrogen and oxygen atoms in total. The second kappa shape index (κ2) is 6.26. The van der Waals surface area contributed by atoms with Crippen molar-refractivity contribution in [2.24, 2.45) is 5.92 Å². The molecule has 3 rings (SSSR count). The Morgan fingerprint density at radius 1 is 1.36 bits per heavy atom. The van der Waals surface area contributed by atoms with Gasteiger partial charge in [-0.1, -0.05) is 11.6 Å². The molecule has 6 heteroatoms. The highest BCUT2D eigenvalue weighted by Crippen LogP contribution is 2.29. The van der Waals surface area contributed by atoms with Gasteiger partial charge in [-0.25, -0.2) is 0 Å². The van der Waals surface area contributed by atoms with Gasteiger partial charge in [0, 0.05) is 15.8 Å². The van der Waals surface area contributed by atoms with Crippen molar-refractivity contribution in [3.8, 4) is 0 Å². The van der Waals surface area contributed by atoms with E-state index in [1.165, 1.54) is 0 Å². The van der Waals surface area contributed by atoms with Gasteiger partial charge in [-0.3, -0.25) is 9.59 Å². The summed E-state index contributed by atoms with van der Waals surface area (Å²) < 4.78 is 1.11. The zero-order valence-electron chi connectivity index (χ0n) is 11.8. The molecule has 0 bridgehead atoms. The first-order chi connectivity index (χ1) is 10.5. The number of amides is 1. The Labute approximate surface area is 137 Å². The first kappa shape index (κ1) is 15.3. The molecular weight excluding hydrogens is 322 g/mol. The van der Waals surface area contributed by atoms with Crippen molar-refractivity contribution >= 4 is 44.9 Å². The van der Waals surface area contributed by atoms with Gasteiger partial charge < -0.3 is 10.4 Å². The number of benzene rings is 1. The maximum Gasteiger partial charge on any atom is 0.306 e. The van der Waals surface area contributed by atoms with Crippen molar-refractivity contribution in [2.45, 2.75) is 31.7 Å². The molecule has 1 heterocycles. The van der Waals surface area contributed by atoms with Crippen LogP contribution in [0.25, 0.3) is 10.1 Å². The lowest BCUT2D eigenvalue weighted by molar-refractivity contribution is -0.141. The normalized spacial score (nSPS) is 21.1. The summed E-state index contributed by atoms with van der Waals surface area (Å²) in [4.78, 5) is 23.1. The molecule has 0 spiro atoms. The van der Waals surface area contributed by atoms with Crippen LogP contribution in [0.2, 0.25) is 5.02 Å². The summed E-state index contributed by atoms with van der Waals surface area (Å²) in [5.41, 5.74) is 0.966. The second-order valence-corrected chi connectivity index (χ2v) is 7.04. The third kappa shape index (κ3) is 3.25. The lowest BCUT2D eigenvalue weighted by Crippen LogP contribution is -2.34. The second-order valence-electron chi connectivity index (χ2n) is 5.69. The molecule has 0 radical (unpaired) electrons. The number of aliphatic carboxylic acids is 1. The van der Waals surface area contributed by atoms with Crippen LogP contribution in [0.1, 0.15) is 24.8 Å². The Morgan fingerprint density at radius 3 is 2.91 bits per heavy atom. The Balaban J connectivity index is 1.64. The summed E-state index contributed by atoms with van der Waals surface area (Å²) in [6.07, 6.45) is 2.20. The minimum Gasteiger partial charge on any atom is -0.481 e. The summed E-state index contributed by atoms with van der Waals surface area (Å²) in [5.74, 6) is -1.16. The van der Waals surface area contributed by atoms with Crippen LogP contribution in [-0.4, -0.2) is 23.0 Å². The van der Waals surface area contributed by atoms with Gasteiger partial charge in [0.1, 0.15) is 0 Å². The number of hydrogen-bond donors (Lipinski definition) is 2. The van der Waals surface area contributed by atoms with Crippen LogP contribution < -0.4 is 5.32 Å². The third-order valence-electron chi connectivity index (χ3n) is 4.11. The number of thiophene rings is 1. The maximum atomic E-state index is 12.2. The van der Waals surface area contributed by atoms with Gasteiger partial charge in [0.05, 0.1) is 12.3 Å². The molecule has 2 atom stereocenters. The molecule has 2 N–H and O–H groups in total. The predicted octanol–water partition coefficient (Wildman–Crippen LogP) is 3.47. The molecule has 0 aliphatic heterocycles. The molecule has 0 unspecified atom stereocenters. The lowest BCUT2D eigenvalue weighted by Gasteiger charge is -2.12. The SMILES string of the molecule is O=C(Cc1csc2ccc(Cl)cc12)N[C@@H]1CC[C@H](C(=O)O)C1. The summed E-state index contributed by atoms with van der Waals surface area (Å²) in [7, 11) is 0. The highest BCUT2D eigenvalue weighted by molar-refractivity contribution is 7.17. The van der Waals surface area contributed by atoms with Crippen molar-refractivity contribution in [3.63, 3.8) is 0 Å². The number of fused-ring (bicyclic) bond motifs is 1. The predicted molar refractivity (Wildman–Crippen MR) is 87.4 cm³/mol. The fourth-order valence-corrected chi connectivity index (χ4v) is 4.09. The monoisotopic (exact) mass is 337 g/mol. The minimum absolute atomic E-state index is 0.0258. The van der Waals surface area contributed by atoms with E-state index >= 15 is 0 Å². The van der Waals surface area contributed by atoms with E-state index in [2.05, 4.69) is 5.32 Å². The molecular formula is C16H16ClNO3S. The van der Waals surface area contributed by atoms with E-state index in [4.69, 9.17) is 16.7 Å². The molecule has 1 aliphatic rings. The lowest BCUT2D eigenvalue weighted by atomic mass is 10.1. The summed E-state index contributed by atoms with van der Waals surface area (Å²) >= 11 is 7.61. The van der Waals surface area contributed by atoms with Crippen molar-refractivity contribution in [2.75, 3.05) is 0 Å². The van der Waals surface area contributed by atoms with Crippen molar-refractivity contribution in [1.29, 1.82) is 0 Å². The Bertz CT molecular complexity index is 727. The van der Waals surface area contributed by atoms with E-state index in [9.17, 15) is 9.59 Å². The fourth-order valence-electron chi connectivity index (χ4n) is 2.98. The number of carboxylic acids is 1. The van der Waals surface area contributed by atoms with Crippen LogP contribution in [0.3, 0.4) is 0 Å². The molecule has 116 valence electrons. The molecule has 1 aliphatic carbocycles.